The fraction of sp³-hybridized carbons (Fsp3) is 0.750. The molecular formula is C16H28O. The van der Waals surface area contributed by atoms with E-state index < -0.39 is 0 Å². The zero-order valence-electron chi connectivity index (χ0n) is 11.9. The van der Waals surface area contributed by atoms with Gasteiger partial charge in [-0.05, 0) is 49.0 Å². The van der Waals surface area contributed by atoms with E-state index in [4.69, 9.17) is 4.74 Å². The maximum absolute atomic E-state index is 5.68. The summed E-state index contributed by atoms with van der Waals surface area (Å²) in [6.07, 6.45) is 11.1. The van der Waals surface area contributed by atoms with Crippen LogP contribution in [-0.2, 0) is 4.74 Å². The fourth-order valence-corrected chi connectivity index (χ4v) is 2.18. The second kappa shape index (κ2) is 7.58. The van der Waals surface area contributed by atoms with Gasteiger partial charge < -0.3 is 4.74 Å². The summed E-state index contributed by atoms with van der Waals surface area (Å²) in [5.41, 5.74) is 1.44. The molecule has 0 N–H and O–H groups in total. The number of hydrogen-bond acceptors (Lipinski definition) is 1. The van der Waals surface area contributed by atoms with Crippen LogP contribution in [0.5, 0.6) is 0 Å². The van der Waals surface area contributed by atoms with Gasteiger partial charge in [0.2, 0.25) is 0 Å². The maximum Gasteiger partial charge on any atom is 0.0875 e. The van der Waals surface area contributed by atoms with E-state index in [2.05, 4.69) is 39.8 Å². The molecule has 0 fully saturated rings. The van der Waals surface area contributed by atoms with E-state index in [0.717, 1.165) is 30.8 Å². The molecule has 1 aliphatic carbocycles. The smallest absolute Gasteiger partial charge is 0.0875 e. The lowest BCUT2D eigenvalue weighted by Crippen LogP contribution is -2.15. The van der Waals surface area contributed by atoms with Gasteiger partial charge >= 0.3 is 0 Å². The van der Waals surface area contributed by atoms with Crippen LogP contribution in [0.15, 0.2) is 24.0 Å². The van der Waals surface area contributed by atoms with Crippen molar-refractivity contribution in [1.29, 1.82) is 0 Å². The Morgan fingerprint density at radius 1 is 1.24 bits per heavy atom. The molecule has 0 aromatic rings. The molecule has 0 aliphatic heterocycles. The van der Waals surface area contributed by atoms with Gasteiger partial charge in [0.05, 0.1) is 12.9 Å². The lowest BCUT2D eigenvalue weighted by atomic mass is 9.84. The molecule has 0 bridgehead atoms. The lowest BCUT2D eigenvalue weighted by molar-refractivity contribution is 0.188. The van der Waals surface area contributed by atoms with Gasteiger partial charge in [0.1, 0.15) is 0 Å². The first-order valence-electron chi connectivity index (χ1n) is 7.05. The minimum atomic E-state index is 0.750. The van der Waals surface area contributed by atoms with Crippen molar-refractivity contribution in [1.82, 2.24) is 0 Å². The van der Waals surface area contributed by atoms with Gasteiger partial charge in [0.15, 0.2) is 0 Å². The highest BCUT2D eigenvalue weighted by Crippen LogP contribution is 2.23. The van der Waals surface area contributed by atoms with Gasteiger partial charge in [-0.2, -0.15) is 0 Å². The van der Waals surface area contributed by atoms with Crippen LogP contribution in [0.1, 0.15) is 53.4 Å². The standard InChI is InChI=1S/C16H28O/c1-13(2)15(4)14(3)10-11-17-12-16-8-6-5-7-9-16/h5-6,12-15H,7-11H2,1-4H3. The summed E-state index contributed by atoms with van der Waals surface area (Å²) < 4.78 is 5.68. The monoisotopic (exact) mass is 236 g/mol. The third-order valence-corrected chi connectivity index (χ3v) is 4.07. The summed E-state index contributed by atoms with van der Waals surface area (Å²) in [4.78, 5) is 0. The van der Waals surface area contributed by atoms with E-state index in [1.807, 2.05) is 6.26 Å². The van der Waals surface area contributed by atoms with E-state index in [1.165, 1.54) is 24.8 Å². The lowest BCUT2D eigenvalue weighted by Gasteiger charge is -2.23. The molecule has 1 heteroatoms. The summed E-state index contributed by atoms with van der Waals surface area (Å²) >= 11 is 0. The number of ether oxygens (including phenoxy) is 1. The molecule has 98 valence electrons. The average molecular weight is 236 g/mol. The highest BCUT2D eigenvalue weighted by Gasteiger charge is 2.15. The van der Waals surface area contributed by atoms with E-state index in [9.17, 15) is 0 Å². The molecule has 0 radical (unpaired) electrons. The van der Waals surface area contributed by atoms with Crippen LogP contribution in [0.25, 0.3) is 0 Å². The van der Waals surface area contributed by atoms with Gasteiger partial charge in [-0.1, -0.05) is 39.8 Å². The molecule has 0 saturated heterocycles. The topological polar surface area (TPSA) is 9.23 Å². The predicted molar refractivity (Wildman–Crippen MR) is 74.8 cm³/mol. The Labute approximate surface area is 107 Å². The molecule has 1 nitrogen and oxygen atoms in total. The Hall–Kier alpha value is -0.720. The molecule has 2 unspecified atom stereocenters. The molecule has 0 amide bonds. The van der Waals surface area contributed by atoms with E-state index in [1.54, 1.807) is 0 Å². The van der Waals surface area contributed by atoms with Crippen LogP contribution >= 0.6 is 0 Å². The molecule has 0 aromatic carbocycles. The third kappa shape index (κ3) is 5.43. The minimum Gasteiger partial charge on any atom is -0.501 e. The van der Waals surface area contributed by atoms with Gasteiger partial charge in [0, 0.05) is 0 Å². The van der Waals surface area contributed by atoms with Crippen molar-refractivity contribution in [3.63, 3.8) is 0 Å². The Morgan fingerprint density at radius 3 is 2.59 bits per heavy atom. The summed E-state index contributed by atoms with van der Waals surface area (Å²) in [6.45, 7) is 10.2. The first-order chi connectivity index (χ1) is 8.11. The largest absolute Gasteiger partial charge is 0.501 e. The van der Waals surface area contributed by atoms with E-state index in [-0.39, 0.29) is 0 Å². The molecular weight excluding hydrogens is 208 g/mol. The van der Waals surface area contributed by atoms with E-state index in [0.29, 0.717) is 0 Å². The van der Waals surface area contributed by atoms with Gasteiger partial charge in [-0.3, -0.25) is 0 Å². The first kappa shape index (κ1) is 14.3. The van der Waals surface area contributed by atoms with Crippen LogP contribution in [0.3, 0.4) is 0 Å². The fourth-order valence-electron chi connectivity index (χ4n) is 2.18. The van der Waals surface area contributed by atoms with Crippen LogP contribution < -0.4 is 0 Å². The Balaban J connectivity index is 2.17. The second-order valence-corrected chi connectivity index (χ2v) is 5.73. The third-order valence-electron chi connectivity index (χ3n) is 4.07. The maximum atomic E-state index is 5.68. The van der Waals surface area contributed by atoms with Crippen LogP contribution in [0.2, 0.25) is 0 Å². The van der Waals surface area contributed by atoms with E-state index >= 15 is 0 Å². The summed E-state index contributed by atoms with van der Waals surface area (Å²) in [5, 5.41) is 0. The molecule has 17 heavy (non-hydrogen) atoms. The van der Waals surface area contributed by atoms with Crippen molar-refractivity contribution in [2.75, 3.05) is 6.61 Å². The summed E-state index contributed by atoms with van der Waals surface area (Å²) in [5.74, 6) is 2.30. The van der Waals surface area contributed by atoms with Crippen molar-refractivity contribution < 1.29 is 4.74 Å². The Kier molecular flexibility index (Phi) is 6.39. The van der Waals surface area contributed by atoms with Gasteiger partial charge in [0.25, 0.3) is 0 Å². The minimum absolute atomic E-state index is 0.750. The van der Waals surface area contributed by atoms with Crippen molar-refractivity contribution in [3.05, 3.63) is 24.0 Å². The van der Waals surface area contributed by atoms with Gasteiger partial charge in [-0.15, -0.1) is 0 Å². The summed E-state index contributed by atoms with van der Waals surface area (Å²) in [6, 6.07) is 0. The molecule has 1 aliphatic rings. The molecule has 0 heterocycles. The predicted octanol–water partition coefficient (Wildman–Crippen LogP) is 4.95. The normalized spacial score (nSPS) is 21.8. The van der Waals surface area contributed by atoms with Crippen LogP contribution in [0.4, 0.5) is 0 Å². The van der Waals surface area contributed by atoms with Crippen molar-refractivity contribution in [2.24, 2.45) is 17.8 Å². The first-order valence-corrected chi connectivity index (χ1v) is 7.05. The molecule has 0 spiro atoms. The van der Waals surface area contributed by atoms with Crippen molar-refractivity contribution in [3.8, 4) is 0 Å². The number of hydrogen-bond donors (Lipinski definition) is 0. The van der Waals surface area contributed by atoms with Crippen LogP contribution in [0, 0.1) is 17.8 Å². The highest BCUT2D eigenvalue weighted by atomic mass is 16.5. The van der Waals surface area contributed by atoms with Crippen molar-refractivity contribution >= 4 is 0 Å². The highest BCUT2D eigenvalue weighted by molar-refractivity contribution is 5.10. The molecule has 1 rings (SSSR count). The van der Waals surface area contributed by atoms with Crippen LogP contribution in [-0.4, -0.2) is 6.61 Å². The quantitative estimate of drug-likeness (QED) is 0.360. The zero-order chi connectivity index (χ0) is 12.7. The van der Waals surface area contributed by atoms with Crippen molar-refractivity contribution in [2.45, 2.75) is 53.4 Å². The second-order valence-electron chi connectivity index (χ2n) is 5.73. The SMILES string of the molecule is CC(C)C(C)C(C)CCOC=C1CC=CCC1. The zero-order valence-corrected chi connectivity index (χ0v) is 11.9. The molecule has 0 aromatic heterocycles. The summed E-state index contributed by atoms with van der Waals surface area (Å²) in [7, 11) is 0. The average Bonchev–Trinajstić information content (AvgIpc) is 2.34. The Morgan fingerprint density at radius 2 is 2.00 bits per heavy atom. The number of allylic oxidation sites excluding steroid dienone is 3. The number of rotatable bonds is 6. The molecule has 2 atom stereocenters. The van der Waals surface area contributed by atoms with Gasteiger partial charge in [-0.25, -0.2) is 0 Å². The molecule has 0 saturated carbocycles. The Bertz CT molecular complexity index is 263.